The van der Waals surface area contributed by atoms with Crippen molar-refractivity contribution in [2.75, 3.05) is 19.0 Å². The topological polar surface area (TPSA) is 58.6 Å². The van der Waals surface area contributed by atoms with Gasteiger partial charge in [0.05, 0.1) is 5.56 Å². The van der Waals surface area contributed by atoms with Crippen LogP contribution in [0.3, 0.4) is 0 Å². The van der Waals surface area contributed by atoms with Crippen molar-refractivity contribution in [3.05, 3.63) is 29.8 Å². The zero-order chi connectivity index (χ0) is 18.6. The van der Waals surface area contributed by atoms with Gasteiger partial charge in [-0.05, 0) is 43.4 Å². The number of esters is 1. The van der Waals surface area contributed by atoms with Crippen LogP contribution in [0.1, 0.15) is 50.4 Å². The Labute approximate surface area is 150 Å². The number of benzene rings is 1. The van der Waals surface area contributed by atoms with Gasteiger partial charge in [0.15, 0.2) is 6.10 Å². The van der Waals surface area contributed by atoms with Gasteiger partial charge in [0, 0.05) is 25.8 Å². The number of amides is 1. The Kier molecular flexibility index (Phi) is 6.45. The molecule has 25 heavy (non-hydrogen) atoms. The van der Waals surface area contributed by atoms with Gasteiger partial charge in [-0.3, -0.25) is 4.79 Å². The minimum atomic E-state index is -0.806. The lowest BCUT2D eigenvalue weighted by Crippen LogP contribution is -2.47. The second-order valence-electron chi connectivity index (χ2n) is 7.37. The monoisotopic (exact) mass is 346 g/mol. The van der Waals surface area contributed by atoms with E-state index in [1.807, 2.05) is 31.1 Å². The first kappa shape index (κ1) is 19.3. The Balaban J connectivity index is 1.94. The van der Waals surface area contributed by atoms with Crippen LogP contribution in [-0.4, -0.2) is 38.1 Å². The van der Waals surface area contributed by atoms with Crippen LogP contribution in [0.5, 0.6) is 0 Å². The predicted molar refractivity (Wildman–Crippen MR) is 99.8 cm³/mol. The van der Waals surface area contributed by atoms with Gasteiger partial charge in [0.2, 0.25) is 0 Å². The van der Waals surface area contributed by atoms with E-state index in [0.717, 1.165) is 18.5 Å². The average molecular weight is 346 g/mol. The van der Waals surface area contributed by atoms with E-state index in [1.54, 1.807) is 19.1 Å². The standard InChI is InChI=1S/C20H30N2O3/c1-13-8-6-11-18(14(13)2)21-19(23)15(3)25-20(24)16-9-7-10-17(12-16)22(4)5/h7,9-10,12-15,18H,6,8,11H2,1-5H3,(H,21,23)/t13-,14-,15+,18-/m1/s1. The van der Waals surface area contributed by atoms with Crippen molar-refractivity contribution >= 4 is 17.6 Å². The van der Waals surface area contributed by atoms with E-state index in [0.29, 0.717) is 17.4 Å². The minimum absolute atomic E-state index is 0.162. The van der Waals surface area contributed by atoms with E-state index in [2.05, 4.69) is 19.2 Å². The molecule has 2 rings (SSSR count). The number of ether oxygens (including phenoxy) is 1. The fraction of sp³-hybridized carbons (Fsp3) is 0.600. The molecule has 0 aliphatic heterocycles. The highest BCUT2D eigenvalue weighted by atomic mass is 16.5. The predicted octanol–water partition coefficient (Wildman–Crippen LogP) is 3.24. The molecule has 5 nitrogen and oxygen atoms in total. The summed E-state index contributed by atoms with van der Waals surface area (Å²) in [5, 5.41) is 3.06. The molecule has 0 aromatic heterocycles. The molecule has 1 aromatic carbocycles. The molecule has 0 heterocycles. The van der Waals surface area contributed by atoms with Gasteiger partial charge < -0.3 is 15.0 Å². The minimum Gasteiger partial charge on any atom is -0.449 e. The van der Waals surface area contributed by atoms with Crippen molar-refractivity contribution in [3.8, 4) is 0 Å². The Hall–Kier alpha value is -2.04. The molecule has 1 aliphatic carbocycles. The van der Waals surface area contributed by atoms with Crippen LogP contribution >= 0.6 is 0 Å². The second kappa shape index (κ2) is 8.37. The van der Waals surface area contributed by atoms with E-state index in [1.165, 1.54) is 6.42 Å². The molecule has 1 fully saturated rings. The fourth-order valence-corrected chi connectivity index (χ4v) is 3.28. The van der Waals surface area contributed by atoms with Gasteiger partial charge in [0.25, 0.3) is 5.91 Å². The van der Waals surface area contributed by atoms with E-state index in [4.69, 9.17) is 4.74 Å². The Morgan fingerprint density at radius 3 is 2.64 bits per heavy atom. The van der Waals surface area contributed by atoms with Crippen LogP contribution in [-0.2, 0) is 9.53 Å². The normalized spacial score (nSPS) is 24.3. The Morgan fingerprint density at radius 2 is 1.96 bits per heavy atom. The largest absolute Gasteiger partial charge is 0.449 e. The summed E-state index contributed by atoms with van der Waals surface area (Å²) in [6.45, 7) is 6.03. The second-order valence-corrected chi connectivity index (χ2v) is 7.37. The maximum atomic E-state index is 12.4. The van der Waals surface area contributed by atoms with Gasteiger partial charge in [-0.25, -0.2) is 4.79 Å². The third kappa shape index (κ3) is 4.97. The van der Waals surface area contributed by atoms with Crippen molar-refractivity contribution in [2.24, 2.45) is 11.8 Å². The highest BCUT2D eigenvalue weighted by molar-refractivity contribution is 5.93. The first-order valence-corrected chi connectivity index (χ1v) is 9.08. The molecule has 1 aliphatic rings. The summed E-state index contributed by atoms with van der Waals surface area (Å²) >= 11 is 0. The number of nitrogens with one attached hydrogen (secondary N) is 1. The number of hydrogen-bond donors (Lipinski definition) is 1. The Morgan fingerprint density at radius 1 is 1.24 bits per heavy atom. The molecule has 0 bridgehead atoms. The number of anilines is 1. The number of carbonyl (C=O) groups excluding carboxylic acids is 2. The van der Waals surface area contributed by atoms with Crippen molar-refractivity contribution in [2.45, 2.75) is 52.2 Å². The zero-order valence-electron chi connectivity index (χ0n) is 15.9. The van der Waals surface area contributed by atoms with E-state index in [-0.39, 0.29) is 11.9 Å². The molecule has 0 unspecified atom stereocenters. The summed E-state index contributed by atoms with van der Waals surface area (Å²) in [5.41, 5.74) is 1.36. The summed E-state index contributed by atoms with van der Waals surface area (Å²) in [4.78, 5) is 26.6. The molecule has 138 valence electrons. The van der Waals surface area contributed by atoms with Crippen LogP contribution in [0, 0.1) is 11.8 Å². The third-order valence-electron chi connectivity index (χ3n) is 5.29. The van der Waals surface area contributed by atoms with E-state index in [9.17, 15) is 9.59 Å². The highest BCUT2D eigenvalue weighted by Gasteiger charge is 2.30. The van der Waals surface area contributed by atoms with Crippen molar-refractivity contribution in [1.29, 1.82) is 0 Å². The van der Waals surface area contributed by atoms with Crippen LogP contribution in [0.2, 0.25) is 0 Å². The summed E-state index contributed by atoms with van der Waals surface area (Å²) < 4.78 is 5.37. The maximum Gasteiger partial charge on any atom is 0.338 e. The molecular formula is C20H30N2O3. The SMILES string of the molecule is C[C@@H]1[C@H](C)CCC[C@H]1NC(=O)[C@H](C)OC(=O)c1cccc(N(C)C)c1. The van der Waals surface area contributed by atoms with Crippen molar-refractivity contribution in [3.63, 3.8) is 0 Å². The molecule has 0 saturated heterocycles. The molecule has 4 atom stereocenters. The lowest BCUT2D eigenvalue weighted by molar-refractivity contribution is -0.130. The molecule has 1 N–H and O–H groups in total. The van der Waals surface area contributed by atoms with Gasteiger partial charge in [-0.1, -0.05) is 32.8 Å². The summed E-state index contributed by atoms with van der Waals surface area (Å²) in [6.07, 6.45) is 2.52. The number of carbonyl (C=O) groups is 2. The first-order chi connectivity index (χ1) is 11.8. The third-order valence-corrected chi connectivity index (χ3v) is 5.29. The lowest BCUT2D eigenvalue weighted by atomic mass is 9.78. The maximum absolute atomic E-state index is 12.4. The summed E-state index contributed by atoms with van der Waals surface area (Å²) in [7, 11) is 3.82. The van der Waals surface area contributed by atoms with Crippen molar-refractivity contribution < 1.29 is 14.3 Å². The van der Waals surface area contributed by atoms with Crippen LogP contribution in [0.25, 0.3) is 0 Å². The summed E-state index contributed by atoms with van der Waals surface area (Å²) in [6, 6.07) is 7.35. The molecule has 1 amide bonds. The van der Waals surface area contributed by atoms with Gasteiger partial charge in [-0.2, -0.15) is 0 Å². The average Bonchev–Trinajstić information content (AvgIpc) is 2.58. The van der Waals surface area contributed by atoms with Crippen molar-refractivity contribution in [1.82, 2.24) is 5.32 Å². The van der Waals surface area contributed by atoms with E-state index >= 15 is 0 Å². The summed E-state index contributed by atoms with van der Waals surface area (Å²) in [5.74, 6) is 0.350. The smallest absolute Gasteiger partial charge is 0.338 e. The highest BCUT2D eigenvalue weighted by Crippen LogP contribution is 2.29. The number of hydrogen-bond acceptors (Lipinski definition) is 4. The van der Waals surface area contributed by atoms with Crippen LogP contribution in [0.4, 0.5) is 5.69 Å². The molecule has 0 spiro atoms. The molecular weight excluding hydrogens is 316 g/mol. The molecule has 1 saturated carbocycles. The van der Waals surface area contributed by atoms with Gasteiger partial charge >= 0.3 is 5.97 Å². The van der Waals surface area contributed by atoms with Gasteiger partial charge in [0.1, 0.15) is 0 Å². The fourth-order valence-electron chi connectivity index (χ4n) is 3.28. The van der Waals surface area contributed by atoms with E-state index < -0.39 is 12.1 Å². The lowest BCUT2D eigenvalue weighted by Gasteiger charge is -2.35. The molecule has 5 heteroatoms. The number of rotatable bonds is 5. The van der Waals surface area contributed by atoms with Crippen LogP contribution < -0.4 is 10.2 Å². The van der Waals surface area contributed by atoms with Crippen LogP contribution in [0.15, 0.2) is 24.3 Å². The Bertz CT molecular complexity index is 615. The quantitative estimate of drug-likeness (QED) is 0.832. The number of nitrogens with zero attached hydrogens (tertiary/aromatic N) is 1. The van der Waals surface area contributed by atoms with Gasteiger partial charge in [-0.15, -0.1) is 0 Å². The zero-order valence-corrected chi connectivity index (χ0v) is 15.9. The first-order valence-electron chi connectivity index (χ1n) is 9.08. The molecule has 1 aromatic rings. The molecule has 0 radical (unpaired) electrons.